The first kappa shape index (κ1) is 12.2. The van der Waals surface area contributed by atoms with Gasteiger partial charge in [-0.3, -0.25) is 9.59 Å². The van der Waals surface area contributed by atoms with Gasteiger partial charge in [0.05, 0.1) is 0 Å². The van der Waals surface area contributed by atoms with E-state index in [0.717, 1.165) is 25.1 Å². The van der Waals surface area contributed by atoms with Crippen LogP contribution in [0.5, 0.6) is 0 Å². The Kier molecular flexibility index (Phi) is 3.01. The van der Waals surface area contributed by atoms with Crippen LogP contribution >= 0.6 is 0 Å². The summed E-state index contributed by atoms with van der Waals surface area (Å²) in [5.41, 5.74) is 2.25. The van der Waals surface area contributed by atoms with Crippen molar-refractivity contribution < 1.29 is 9.59 Å². The Hall–Kier alpha value is -1.84. The molecule has 0 aromatic heterocycles. The quantitative estimate of drug-likeness (QED) is 0.767. The minimum Gasteiger partial charge on any atom is -0.334 e. The average molecular weight is 258 g/mol. The van der Waals surface area contributed by atoms with Crippen LogP contribution in [0.15, 0.2) is 24.3 Å². The highest BCUT2D eigenvalue weighted by molar-refractivity contribution is 6.01. The van der Waals surface area contributed by atoms with Gasteiger partial charge in [-0.05, 0) is 30.9 Å². The van der Waals surface area contributed by atoms with E-state index in [4.69, 9.17) is 0 Å². The van der Waals surface area contributed by atoms with Gasteiger partial charge in [0.1, 0.15) is 6.04 Å². The maximum Gasteiger partial charge on any atom is 0.249 e. The number of amides is 2. The highest BCUT2D eigenvalue weighted by Gasteiger charge is 2.37. The summed E-state index contributed by atoms with van der Waals surface area (Å²) in [5, 5.41) is 0. The third-order valence-electron chi connectivity index (χ3n) is 4.15. The summed E-state index contributed by atoms with van der Waals surface area (Å²) in [7, 11) is 1.73. The molecule has 1 unspecified atom stereocenters. The number of anilines is 1. The van der Waals surface area contributed by atoms with Crippen molar-refractivity contribution in [1.29, 1.82) is 0 Å². The van der Waals surface area contributed by atoms with Crippen LogP contribution in [-0.4, -0.2) is 36.3 Å². The number of carbonyl (C=O) groups excluding carboxylic acids is 2. The molecule has 2 amide bonds. The molecule has 2 aliphatic heterocycles. The first-order valence-corrected chi connectivity index (χ1v) is 6.83. The predicted molar refractivity (Wildman–Crippen MR) is 72.9 cm³/mol. The van der Waals surface area contributed by atoms with Crippen molar-refractivity contribution in [1.82, 2.24) is 4.90 Å². The molecule has 1 atom stereocenters. The van der Waals surface area contributed by atoms with Crippen LogP contribution in [0.1, 0.15) is 24.8 Å². The molecular formula is C15H18N2O2. The number of likely N-dealkylation sites (N-methyl/N-ethyl adjacent to an activating group) is 1. The minimum absolute atomic E-state index is 0.0699. The van der Waals surface area contributed by atoms with Crippen LogP contribution < -0.4 is 4.90 Å². The monoisotopic (exact) mass is 258 g/mol. The maximum atomic E-state index is 12.7. The van der Waals surface area contributed by atoms with Crippen LogP contribution in [-0.2, 0) is 16.0 Å². The Morgan fingerprint density at radius 2 is 2.05 bits per heavy atom. The summed E-state index contributed by atoms with van der Waals surface area (Å²) in [5.74, 6) is 0.143. The third kappa shape index (κ3) is 2.01. The minimum atomic E-state index is -0.279. The van der Waals surface area contributed by atoms with Crippen molar-refractivity contribution in [2.75, 3.05) is 18.5 Å². The number of benzene rings is 1. The van der Waals surface area contributed by atoms with Crippen molar-refractivity contribution in [3.05, 3.63) is 29.8 Å². The largest absolute Gasteiger partial charge is 0.334 e. The summed E-state index contributed by atoms with van der Waals surface area (Å²) >= 11 is 0. The normalized spacial score (nSPS) is 22.6. The molecule has 4 nitrogen and oxygen atoms in total. The van der Waals surface area contributed by atoms with E-state index in [1.54, 1.807) is 11.9 Å². The zero-order valence-electron chi connectivity index (χ0n) is 11.1. The number of para-hydroxylation sites is 1. The number of rotatable bonds is 1. The SMILES string of the molecule is CN1C(=O)CCC1C(=O)N1CCCc2ccccc21. The molecule has 0 saturated carbocycles. The predicted octanol–water partition coefficient (Wildman–Crippen LogP) is 1.59. The third-order valence-corrected chi connectivity index (χ3v) is 4.15. The molecular weight excluding hydrogens is 240 g/mol. The van der Waals surface area contributed by atoms with Gasteiger partial charge in [-0.15, -0.1) is 0 Å². The molecule has 2 heterocycles. The van der Waals surface area contributed by atoms with E-state index in [0.29, 0.717) is 12.8 Å². The Morgan fingerprint density at radius 3 is 2.79 bits per heavy atom. The fraction of sp³-hybridized carbons (Fsp3) is 0.467. The molecule has 0 bridgehead atoms. The number of aryl methyl sites for hydroxylation is 1. The van der Waals surface area contributed by atoms with Gasteiger partial charge in [-0.25, -0.2) is 0 Å². The lowest BCUT2D eigenvalue weighted by atomic mass is 10.0. The smallest absolute Gasteiger partial charge is 0.249 e. The fourth-order valence-corrected chi connectivity index (χ4v) is 3.04. The standard InChI is InChI=1S/C15H18N2O2/c1-16-13(8-9-14(16)18)15(19)17-10-4-6-11-5-2-3-7-12(11)17/h2-3,5,7,13H,4,6,8-10H2,1H3. The number of hydrogen-bond acceptors (Lipinski definition) is 2. The van der Waals surface area contributed by atoms with Crippen molar-refractivity contribution in [3.8, 4) is 0 Å². The Bertz CT molecular complexity index is 527. The molecule has 1 fully saturated rings. The van der Waals surface area contributed by atoms with E-state index < -0.39 is 0 Å². The van der Waals surface area contributed by atoms with Gasteiger partial charge in [-0.2, -0.15) is 0 Å². The van der Waals surface area contributed by atoms with Gasteiger partial charge in [-0.1, -0.05) is 18.2 Å². The molecule has 0 aliphatic carbocycles. The second-order valence-corrected chi connectivity index (χ2v) is 5.28. The summed E-state index contributed by atoms with van der Waals surface area (Å²) in [4.78, 5) is 27.7. The maximum absolute atomic E-state index is 12.7. The van der Waals surface area contributed by atoms with Crippen LogP contribution in [0.4, 0.5) is 5.69 Å². The highest BCUT2D eigenvalue weighted by atomic mass is 16.2. The Morgan fingerprint density at radius 1 is 1.26 bits per heavy atom. The number of hydrogen-bond donors (Lipinski definition) is 0. The number of nitrogens with zero attached hydrogens (tertiary/aromatic N) is 2. The molecule has 1 aromatic rings. The van der Waals surface area contributed by atoms with Crippen LogP contribution in [0.3, 0.4) is 0 Å². The van der Waals surface area contributed by atoms with E-state index in [2.05, 4.69) is 6.07 Å². The lowest BCUT2D eigenvalue weighted by Crippen LogP contribution is -2.47. The number of fused-ring (bicyclic) bond motifs is 1. The van der Waals surface area contributed by atoms with E-state index in [9.17, 15) is 9.59 Å². The molecule has 0 radical (unpaired) electrons. The summed E-state index contributed by atoms with van der Waals surface area (Å²) < 4.78 is 0. The molecule has 19 heavy (non-hydrogen) atoms. The zero-order chi connectivity index (χ0) is 13.4. The van der Waals surface area contributed by atoms with E-state index in [-0.39, 0.29) is 17.9 Å². The highest BCUT2D eigenvalue weighted by Crippen LogP contribution is 2.29. The molecule has 0 N–H and O–H groups in total. The van der Waals surface area contributed by atoms with Gasteiger partial charge in [0, 0.05) is 25.7 Å². The van der Waals surface area contributed by atoms with Gasteiger partial charge in [0.2, 0.25) is 11.8 Å². The second-order valence-electron chi connectivity index (χ2n) is 5.28. The molecule has 3 rings (SSSR count). The molecule has 2 aliphatic rings. The number of likely N-dealkylation sites (tertiary alicyclic amines) is 1. The molecule has 0 spiro atoms. The lowest BCUT2D eigenvalue weighted by molar-refractivity contribution is -0.132. The van der Waals surface area contributed by atoms with Crippen molar-refractivity contribution in [3.63, 3.8) is 0 Å². The fourth-order valence-electron chi connectivity index (χ4n) is 3.04. The van der Waals surface area contributed by atoms with Crippen molar-refractivity contribution in [2.45, 2.75) is 31.7 Å². The van der Waals surface area contributed by atoms with Gasteiger partial charge < -0.3 is 9.80 Å². The summed E-state index contributed by atoms with van der Waals surface area (Å²) in [6, 6.07) is 7.78. The first-order valence-electron chi connectivity index (χ1n) is 6.83. The van der Waals surface area contributed by atoms with E-state index >= 15 is 0 Å². The Labute approximate surface area is 113 Å². The number of carbonyl (C=O) groups is 2. The van der Waals surface area contributed by atoms with Crippen LogP contribution in [0.25, 0.3) is 0 Å². The zero-order valence-corrected chi connectivity index (χ0v) is 11.1. The van der Waals surface area contributed by atoms with Crippen molar-refractivity contribution in [2.24, 2.45) is 0 Å². The van der Waals surface area contributed by atoms with Gasteiger partial charge in [0.15, 0.2) is 0 Å². The van der Waals surface area contributed by atoms with Crippen molar-refractivity contribution >= 4 is 17.5 Å². The molecule has 1 aromatic carbocycles. The topological polar surface area (TPSA) is 40.6 Å². The van der Waals surface area contributed by atoms with Crippen LogP contribution in [0.2, 0.25) is 0 Å². The molecule has 4 heteroatoms. The Balaban J connectivity index is 1.87. The summed E-state index contributed by atoms with van der Waals surface area (Å²) in [6.07, 6.45) is 3.15. The second kappa shape index (κ2) is 4.68. The molecule has 1 saturated heterocycles. The van der Waals surface area contributed by atoms with Crippen LogP contribution in [0, 0.1) is 0 Å². The van der Waals surface area contributed by atoms with Gasteiger partial charge >= 0.3 is 0 Å². The first-order chi connectivity index (χ1) is 9.18. The molecule has 100 valence electrons. The average Bonchev–Trinajstić information content (AvgIpc) is 2.78. The van der Waals surface area contributed by atoms with Gasteiger partial charge in [0.25, 0.3) is 0 Å². The summed E-state index contributed by atoms with van der Waals surface area (Å²) in [6.45, 7) is 0.758. The van der Waals surface area contributed by atoms with E-state index in [1.807, 2.05) is 23.1 Å². The van der Waals surface area contributed by atoms with E-state index in [1.165, 1.54) is 5.56 Å². The lowest BCUT2D eigenvalue weighted by Gasteiger charge is -2.33.